The third-order valence-electron chi connectivity index (χ3n) is 3.12. The maximum absolute atomic E-state index is 5.65. The first-order valence-corrected chi connectivity index (χ1v) is 8.36. The number of aryl methyl sites for hydroxylation is 1. The van der Waals surface area contributed by atoms with E-state index in [1.807, 2.05) is 0 Å². The third-order valence-corrected chi connectivity index (χ3v) is 3.80. The zero-order chi connectivity index (χ0) is 12.9. The molecule has 0 saturated carbocycles. The summed E-state index contributed by atoms with van der Waals surface area (Å²) in [5.74, 6) is 0. The topological polar surface area (TPSA) is 13.1 Å². The summed E-state index contributed by atoms with van der Waals surface area (Å²) in [5.41, 5.74) is 2.16. The highest BCUT2D eigenvalue weighted by Gasteiger charge is 1.99. The molecule has 18 heavy (non-hydrogen) atoms. The number of rotatable bonds is 12. The van der Waals surface area contributed by atoms with Gasteiger partial charge in [0.05, 0.1) is 5.38 Å². The second kappa shape index (κ2) is 11.7. The lowest BCUT2D eigenvalue weighted by Gasteiger charge is -2.03. The van der Waals surface area contributed by atoms with Gasteiger partial charge in [-0.05, 0) is 12.8 Å². The fraction of sp³-hybridized carbons (Fsp3) is 0.800. The van der Waals surface area contributed by atoms with Crippen molar-refractivity contribution in [3.8, 4) is 0 Å². The summed E-state index contributed by atoms with van der Waals surface area (Å²) >= 11 is 1.75. The Balaban J connectivity index is 1.73. The van der Waals surface area contributed by atoms with Gasteiger partial charge in [0.1, 0.15) is 6.54 Å². The predicted molar refractivity (Wildman–Crippen MR) is 77.9 cm³/mol. The molecule has 0 aliphatic heterocycles. The van der Waals surface area contributed by atoms with Gasteiger partial charge in [-0.25, -0.2) is 0 Å². The molecule has 0 bridgehead atoms. The van der Waals surface area contributed by atoms with Crippen LogP contribution in [0.2, 0.25) is 0 Å². The minimum atomic E-state index is 0.930. The summed E-state index contributed by atoms with van der Waals surface area (Å²) in [5, 5.41) is 2.12. The summed E-state index contributed by atoms with van der Waals surface area (Å²) in [4.78, 5) is 0. The first-order valence-electron chi connectivity index (χ1n) is 7.42. The summed E-state index contributed by atoms with van der Waals surface area (Å²) < 4.78 is 7.90. The van der Waals surface area contributed by atoms with Crippen LogP contribution in [0, 0.1) is 0 Å². The van der Waals surface area contributed by atoms with Gasteiger partial charge in [0.25, 0.3) is 0 Å². The molecule has 0 aliphatic carbocycles. The summed E-state index contributed by atoms with van der Waals surface area (Å²) in [6.45, 7) is 5.28. The van der Waals surface area contributed by atoms with Crippen molar-refractivity contribution in [3.05, 3.63) is 17.1 Å². The van der Waals surface area contributed by atoms with Crippen LogP contribution in [0.25, 0.3) is 0 Å². The Bertz CT molecular complexity index is 261. The zero-order valence-electron chi connectivity index (χ0n) is 11.8. The van der Waals surface area contributed by atoms with E-state index in [-0.39, 0.29) is 0 Å². The average molecular weight is 270 g/mol. The van der Waals surface area contributed by atoms with Crippen LogP contribution in [0.1, 0.15) is 58.3 Å². The number of hydrogen-bond acceptors (Lipinski definition) is 2. The zero-order valence-corrected chi connectivity index (χ0v) is 12.6. The molecule has 0 atom stereocenters. The van der Waals surface area contributed by atoms with E-state index in [4.69, 9.17) is 4.74 Å². The van der Waals surface area contributed by atoms with E-state index >= 15 is 0 Å². The molecule has 0 radical (unpaired) electrons. The van der Waals surface area contributed by atoms with E-state index in [0.29, 0.717) is 0 Å². The Hall–Kier alpha value is -0.410. The smallest absolute Gasteiger partial charge is 0.224 e. The van der Waals surface area contributed by atoms with Gasteiger partial charge in [0.2, 0.25) is 5.51 Å². The van der Waals surface area contributed by atoms with Crippen LogP contribution >= 0.6 is 11.3 Å². The van der Waals surface area contributed by atoms with Gasteiger partial charge < -0.3 is 4.74 Å². The Morgan fingerprint density at radius 3 is 2.39 bits per heavy atom. The maximum atomic E-state index is 5.65. The number of hydrogen-bond donors (Lipinski definition) is 0. The summed E-state index contributed by atoms with van der Waals surface area (Å²) in [6, 6.07) is 0. The highest BCUT2D eigenvalue weighted by Crippen LogP contribution is 2.05. The molecule has 0 spiro atoms. The number of ether oxygens (including phenoxy) is 1. The quantitative estimate of drug-likeness (QED) is 0.410. The van der Waals surface area contributed by atoms with E-state index < -0.39 is 0 Å². The molecule has 1 heterocycles. The van der Waals surface area contributed by atoms with Crippen LogP contribution in [0.5, 0.6) is 0 Å². The molecular formula is C15H28NOS+. The van der Waals surface area contributed by atoms with Crippen molar-refractivity contribution in [1.29, 1.82) is 0 Å². The molecule has 0 N–H and O–H groups in total. The Morgan fingerprint density at radius 2 is 1.67 bits per heavy atom. The lowest BCUT2D eigenvalue weighted by atomic mass is 10.1. The molecule has 1 aromatic rings. The van der Waals surface area contributed by atoms with Crippen molar-refractivity contribution >= 4 is 11.3 Å². The molecule has 0 fully saturated rings. The molecular weight excluding hydrogens is 242 g/mol. The van der Waals surface area contributed by atoms with Crippen molar-refractivity contribution in [2.45, 2.75) is 64.8 Å². The number of aromatic nitrogens is 1. The first kappa shape index (κ1) is 15.6. The minimum absolute atomic E-state index is 0.930. The Labute approximate surface area is 116 Å². The standard InChI is InChI=1S/C15H28NOS/c1-2-3-4-5-6-8-12-17-13-9-7-10-16-11-14-18-15-16/h11,14-15H,2-10,12-13H2,1H3/q+1. The second-order valence-corrected chi connectivity index (χ2v) is 5.61. The molecule has 0 aromatic carbocycles. The fourth-order valence-electron chi connectivity index (χ4n) is 1.97. The van der Waals surface area contributed by atoms with Crippen LogP contribution < -0.4 is 4.57 Å². The van der Waals surface area contributed by atoms with Crippen LogP contribution in [-0.4, -0.2) is 13.2 Å². The summed E-state index contributed by atoms with van der Waals surface area (Å²) in [6.07, 6.45) is 12.6. The highest BCUT2D eigenvalue weighted by molar-refractivity contribution is 7.07. The van der Waals surface area contributed by atoms with Gasteiger partial charge in [-0.15, -0.1) is 0 Å². The molecule has 2 nitrogen and oxygen atoms in total. The van der Waals surface area contributed by atoms with Crippen LogP contribution in [0.3, 0.4) is 0 Å². The molecule has 0 aliphatic rings. The molecule has 1 rings (SSSR count). The number of unbranched alkanes of at least 4 members (excludes halogenated alkanes) is 6. The molecule has 104 valence electrons. The lowest BCUT2D eigenvalue weighted by molar-refractivity contribution is -0.692. The van der Waals surface area contributed by atoms with Crippen LogP contribution in [0.15, 0.2) is 17.1 Å². The second-order valence-electron chi connectivity index (χ2n) is 4.85. The molecule has 3 heteroatoms. The van der Waals surface area contributed by atoms with Gasteiger partial charge in [0, 0.05) is 19.6 Å². The van der Waals surface area contributed by atoms with Gasteiger partial charge in [-0.1, -0.05) is 50.4 Å². The van der Waals surface area contributed by atoms with Gasteiger partial charge in [-0.2, -0.15) is 4.57 Å². The largest absolute Gasteiger partial charge is 0.381 e. The van der Waals surface area contributed by atoms with E-state index in [9.17, 15) is 0 Å². The van der Waals surface area contributed by atoms with Gasteiger partial charge >= 0.3 is 0 Å². The Morgan fingerprint density at radius 1 is 0.944 bits per heavy atom. The normalized spacial score (nSPS) is 10.9. The third kappa shape index (κ3) is 8.65. The van der Waals surface area contributed by atoms with E-state index in [2.05, 4.69) is 28.6 Å². The monoisotopic (exact) mass is 270 g/mol. The van der Waals surface area contributed by atoms with Crippen molar-refractivity contribution in [3.63, 3.8) is 0 Å². The molecule has 0 saturated heterocycles. The summed E-state index contributed by atoms with van der Waals surface area (Å²) in [7, 11) is 0. The fourth-order valence-corrected chi connectivity index (χ4v) is 2.60. The van der Waals surface area contributed by atoms with Crippen LogP contribution in [0.4, 0.5) is 0 Å². The maximum Gasteiger partial charge on any atom is 0.224 e. The van der Waals surface area contributed by atoms with Crippen LogP contribution in [-0.2, 0) is 11.3 Å². The lowest BCUT2D eigenvalue weighted by Crippen LogP contribution is -2.29. The SMILES string of the molecule is CCCCCCCCOCCCC[n+]1ccsc1. The van der Waals surface area contributed by atoms with Crippen molar-refractivity contribution < 1.29 is 9.30 Å². The van der Waals surface area contributed by atoms with Crippen molar-refractivity contribution in [2.24, 2.45) is 0 Å². The molecule has 0 amide bonds. The molecule has 0 unspecified atom stereocenters. The highest BCUT2D eigenvalue weighted by atomic mass is 32.1. The Kier molecular flexibility index (Phi) is 10.1. The number of nitrogens with zero attached hydrogens (tertiary/aromatic N) is 1. The number of thiazole rings is 1. The predicted octanol–water partition coefficient (Wildman–Crippen LogP) is 4.19. The van der Waals surface area contributed by atoms with E-state index in [1.54, 1.807) is 11.3 Å². The molecule has 1 aromatic heterocycles. The van der Waals surface area contributed by atoms with Crippen molar-refractivity contribution in [2.75, 3.05) is 13.2 Å². The van der Waals surface area contributed by atoms with Crippen molar-refractivity contribution in [1.82, 2.24) is 0 Å². The van der Waals surface area contributed by atoms with E-state index in [1.165, 1.54) is 51.4 Å². The first-order chi connectivity index (χ1) is 8.93. The minimum Gasteiger partial charge on any atom is -0.381 e. The van der Waals surface area contributed by atoms with Gasteiger partial charge in [-0.3, -0.25) is 0 Å². The van der Waals surface area contributed by atoms with Gasteiger partial charge in [0.15, 0.2) is 6.20 Å². The average Bonchev–Trinajstić information content (AvgIpc) is 2.89. The van der Waals surface area contributed by atoms with E-state index in [0.717, 1.165) is 19.8 Å².